The molecule has 2 amide bonds. The summed E-state index contributed by atoms with van der Waals surface area (Å²) in [5.41, 5.74) is 2.68. The van der Waals surface area contributed by atoms with E-state index in [0.29, 0.717) is 16.3 Å². The smallest absolute Gasteiger partial charge is 0.264 e. The number of sulfonamides is 1. The van der Waals surface area contributed by atoms with Gasteiger partial charge in [-0.15, -0.1) is 0 Å². The molecule has 0 aliphatic carbocycles. The van der Waals surface area contributed by atoms with Gasteiger partial charge in [0.05, 0.1) is 10.6 Å². The predicted octanol–water partition coefficient (Wildman–Crippen LogP) is 6.01. The van der Waals surface area contributed by atoms with Crippen molar-refractivity contribution in [2.45, 2.75) is 50.7 Å². The molecule has 0 heterocycles. The number of carbonyl (C=O) groups excluding carboxylic acids is 2. The van der Waals surface area contributed by atoms with Crippen molar-refractivity contribution >= 4 is 39.1 Å². The first-order valence-electron chi connectivity index (χ1n) is 14.1. The summed E-state index contributed by atoms with van der Waals surface area (Å²) in [4.78, 5) is 29.6. The average molecular weight is 618 g/mol. The summed E-state index contributed by atoms with van der Waals surface area (Å²) in [5.74, 6) is -0.881. The lowest BCUT2D eigenvalue weighted by Crippen LogP contribution is -2.54. The summed E-state index contributed by atoms with van der Waals surface area (Å²) in [5, 5.41) is 3.39. The van der Waals surface area contributed by atoms with Crippen molar-refractivity contribution in [1.29, 1.82) is 0 Å². The molecule has 0 fully saturated rings. The van der Waals surface area contributed by atoms with E-state index in [-0.39, 0.29) is 29.8 Å². The van der Waals surface area contributed by atoms with Crippen LogP contribution in [-0.4, -0.2) is 43.8 Å². The molecule has 4 rings (SSSR count). The number of amides is 2. The Bertz CT molecular complexity index is 1650. The third-order valence-electron chi connectivity index (χ3n) is 6.90. The van der Waals surface area contributed by atoms with Gasteiger partial charge < -0.3 is 10.2 Å². The molecule has 0 radical (unpaired) electrons. The van der Waals surface area contributed by atoms with Crippen LogP contribution >= 0.6 is 11.6 Å². The van der Waals surface area contributed by atoms with Crippen molar-refractivity contribution in [3.05, 3.63) is 131 Å². The van der Waals surface area contributed by atoms with Crippen LogP contribution in [0.25, 0.3) is 0 Å². The van der Waals surface area contributed by atoms with Crippen molar-refractivity contribution < 1.29 is 18.0 Å². The Labute approximate surface area is 259 Å². The summed E-state index contributed by atoms with van der Waals surface area (Å²) in [7, 11) is -4.15. The summed E-state index contributed by atoms with van der Waals surface area (Å²) in [6.45, 7) is 5.04. The van der Waals surface area contributed by atoms with Gasteiger partial charge in [0.15, 0.2) is 0 Å². The molecule has 4 aromatic carbocycles. The number of hydrogen-bond donors (Lipinski definition) is 1. The molecule has 0 bridgehead atoms. The standard InChI is InChI=1S/C34H36ClN3O4S/c1-25(2)36-34(40)32(22-27-14-6-4-7-15-27)37(23-28-16-10-11-20-31(28)35)33(39)24-38(29-17-12-13-26(3)21-29)43(41,42)30-18-8-5-9-19-30/h4-21,25,32H,22-24H2,1-3H3,(H,36,40). The SMILES string of the molecule is Cc1cccc(N(CC(=O)N(Cc2ccccc2Cl)C(Cc2ccccc2)C(=O)NC(C)C)S(=O)(=O)c2ccccc2)c1. The molecular weight excluding hydrogens is 582 g/mol. The molecule has 0 spiro atoms. The van der Waals surface area contributed by atoms with Gasteiger partial charge in [-0.2, -0.15) is 0 Å². The second-order valence-electron chi connectivity index (χ2n) is 10.6. The second kappa shape index (κ2) is 14.4. The number of nitrogens with one attached hydrogen (secondary N) is 1. The molecule has 0 saturated heterocycles. The van der Waals surface area contributed by atoms with Crippen molar-refractivity contribution in [2.75, 3.05) is 10.8 Å². The molecule has 4 aromatic rings. The minimum atomic E-state index is -4.15. The molecule has 0 aromatic heterocycles. The highest BCUT2D eigenvalue weighted by Crippen LogP contribution is 2.26. The monoisotopic (exact) mass is 617 g/mol. The van der Waals surface area contributed by atoms with E-state index >= 15 is 0 Å². The topological polar surface area (TPSA) is 86.8 Å². The van der Waals surface area contributed by atoms with Gasteiger partial charge in [0.1, 0.15) is 12.6 Å². The van der Waals surface area contributed by atoms with Gasteiger partial charge in [0.25, 0.3) is 10.0 Å². The van der Waals surface area contributed by atoms with Crippen LogP contribution in [0.4, 0.5) is 5.69 Å². The molecule has 1 unspecified atom stereocenters. The third-order valence-corrected chi connectivity index (χ3v) is 9.06. The van der Waals surface area contributed by atoms with E-state index in [1.54, 1.807) is 54.6 Å². The lowest BCUT2D eigenvalue weighted by atomic mass is 10.0. The van der Waals surface area contributed by atoms with Crippen molar-refractivity contribution in [1.82, 2.24) is 10.2 Å². The predicted molar refractivity (Wildman–Crippen MR) is 171 cm³/mol. The zero-order valence-corrected chi connectivity index (χ0v) is 26.1. The second-order valence-corrected chi connectivity index (χ2v) is 12.9. The van der Waals surface area contributed by atoms with Crippen LogP contribution in [0.5, 0.6) is 0 Å². The quantitative estimate of drug-likeness (QED) is 0.211. The van der Waals surface area contributed by atoms with Crippen molar-refractivity contribution in [3.63, 3.8) is 0 Å². The van der Waals surface area contributed by atoms with E-state index < -0.39 is 28.5 Å². The molecular formula is C34H36ClN3O4S. The fourth-order valence-electron chi connectivity index (χ4n) is 4.78. The van der Waals surface area contributed by atoms with Crippen LogP contribution in [0.3, 0.4) is 0 Å². The molecule has 0 aliphatic rings. The Morgan fingerprint density at radius 3 is 2.09 bits per heavy atom. The minimum Gasteiger partial charge on any atom is -0.352 e. The minimum absolute atomic E-state index is 0.00850. The molecule has 1 atom stereocenters. The molecule has 0 aliphatic heterocycles. The zero-order valence-electron chi connectivity index (χ0n) is 24.5. The van der Waals surface area contributed by atoms with Crippen LogP contribution in [0, 0.1) is 6.92 Å². The van der Waals surface area contributed by atoms with E-state index in [9.17, 15) is 18.0 Å². The zero-order chi connectivity index (χ0) is 31.0. The number of carbonyl (C=O) groups is 2. The molecule has 224 valence electrons. The fraction of sp³-hybridized carbons (Fsp3) is 0.235. The number of halogens is 1. The summed E-state index contributed by atoms with van der Waals surface area (Å²) < 4.78 is 29.1. The Morgan fingerprint density at radius 2 is 1.47 bits per heavy atom. The van der Waals surface area contributed by atoms with Gasteiger partial charge in [-0.3, -0.25) is 13.9 Å². The lowest BCUT2D eigenvalue weighted by Gasteiger charge is -2.34. The third kappa shape index (κ3) is 8.24. The first-order valence-corrected chi connectivity index (χ1v) is 15.9. The molecule has 7 nitrogen and oxygen atoms in total. The lowest BCUT2D eigenvalue weighted by molar-refractivity contribution is -0.140. The van der Waals surface area contributed by atoms with Crippen LogP contribution in [0.2, 0.25) is 5.02 Å². The van der Waals surface area contributed by atoms with Gasteiger partial charge in [-0.25, -0.2) is 8.42 Å². The Hall–Kier alpha value is -4.14. The van der Waals surface area contributed by atoms with E-state index in [1.165, 1.54) is 17.0 Å². The van der Waals surface area contributed by atoms with E-state index in [0.717, 1.165) is 15.4 Å². The maximum absolute atomic E-state index is 14.4. The average Bonchev–Trinajstić information content (AvgIpc) is 2.99. The number of anilines is 1. The van der Waals surface area contributed by atoms with Gasteiger partial charge in [0.2, 0.25) is 11.8 Å². The largest absolute Gasteiger partial charge is 0.352 e. The highest BCUT2D eigenvalue weighted by Gasteiger charge is 2.35. The van der Waals surface area contributed by atoms with Crippen molar-refractivity contribution in [2.24, 2.45) is 0 Å². The van der Waals surface area contributed by atoms with Crippen LogP contribution < -0.4 is 9.62 Å². The summed E-state index contributed by atoms with van der Waals surface area (Å²) in [6.07, 6.45) is 0.228. The first kappa shape index (κ1) is 31.8. The highest BCUT2D eigenvalue weighted by molar-refractivity contribution is 7.92. The number of aryl methyl sites for hydroxylation is 1. The molecule has 0 saturated carbocycles. The number of rotatable bonds is 12. The maximum Gasteiger partial charge on any atom is 0.264 e. The first-order chi connectivity index (χ1) is 20.6. The molecule has 43 heavy (non-hydrogen) atoms. The maximum atomic E-state index is 14.4. The van der Waals surface area contributed by atoms with E-state index in [2.05, 4.69) is 5.32 Å². The Kier molecular flexibility index (Phi) is 10.6. The van der Waals surface area contributed by atoms with Crippen LogP contribution in [0.1, 0.15) is 30.5 Å². The fourth-order valence-corrected chi connectivity index (χ4v) is 6.40. The number of benzene rings is 4. The van der Waals surface area contributed by atoms with Crippen molar-refractivity contribution in [3.8, 4) is 0 Å². The summed E-state index contributed by atoms with van der Waals surface area (Å²) >= 11 is 6.53. The van der Waals surface area contributed by atoms with Gasteiger partial charge in [-0.1, -0.05) is 90.5 Å². The van der Waals surface area contributed by atoms with Gasteiger partial charge in [-0.05, 0) is 67.8 Å². The summed E-state index contributed by atoms with van der Waals surface area (Å²) in [6, 6.07) is 30.4. The number of hydrogen-bond acceptors (Lipinski definition) is 4. The van der Waals surface area contributed by atoms with E-state index in [1.807, 2.05) is 63.2 Å². The normalized spacial score (nSPS) is 12.0. The van der Waals surface area contributed by atoms with E-state index in [4.69, 9.17) is 11.6 Å². The van der Waals surface area contributed by atoms with Crippen LogP contribution in [-0.2, 0) is 32.6 Å². The number of nitrogens with zero attached hydrogens (tertiary/aromatic N) is 2. The van der Waals surface area contributed by atoms with Gasteiger partial charge in [0, 0.05) is 24.0 Å². The van der Waals surface area contributed by atoms with Crippen LogP contribution in [0.15, 0.2) is 114 Å². The molecule has 9 heteroatoms. The molecule has 1 N–H and O–H groups in total. The van der Waals surface area contributed by atoms with Gasteiger partial charge >= 0.3 is 0 Å². The Balaban J connectivity index is 1.81. The Morgan fingerprint density at radius 1 is 0.837 bits per heavy atom. The highest BCUT2D eigenvalue weighted by atomic mass is 35.5.